The molecule has 2 heterocycles. The van der Waals surface area contributed by atoms with Crippen molar-refractivity contribution in [2.24, 2.45) is 0 Å². The summed E-state index contributed by atoms with van der Waals surface area (Å²) in [7, 11) is 0. The second-order valence-electron chi connectivity index (χ2n) is 11.2. The van der Waals surface area contributed by atoms with Gasteiger partial charge in [0.05, 0.1) is 16.3 Å². The molecule has 39 heavy (non-hydrogen) atoms. The van der Waals surface area contributed by atoms with E-state index in [-0.39, 0.29) is 35.0 Å². The first-order chi connectivity index (χ1) is 18.2. The van der Waals surface area contributed by atoms with Crippen LogP contribution in [0.1, 0.15) is 52.7 Å². The van der Waals surface area contributed by atoms with Crippen molar-refractivity contribution in [2.45, 2.75) is 64.9 Å². The molecule has 4 rings (SSSR count). The van der Waals surface area contributed by atoms with E-state index in [1.54, 1.807) is 77.9 Å². The van der Waals surface area contributed by atoms with Crippen LogP contribution in [0.15, 0.2) is 60.2 Å². The van der Waals surface area contributed by atoms with E-state index in [4.69, 9.17) is 25.8 Å². The maximum Gasteiger partial charge on any atom is 0.421 e. The Kier molecular flexibility index (Phi) is 7.25. The molecule has 0 fully saturated rings. The number of esters is 1. The molecule has 2 aliphatic heterocycles. The minimum Gasteiger partial charge on any atom is -0.457 e. The van der Waals surface area contributed by atoms with Crippen LogP contribution in [0.3, 0.4) is 0 Å². The highest BCUT2D eigenvalue weighted by atomic mass is 35.5. The second-order valence-corrected chi connectivity index (χ2v) is 11.6. The molecule has 2 aromatic rings. The molecule has 10 heteroatoms. The van der Waals surface area contributed by atoms with Crippen LogP contribution >= 0.6 is 11.6 Å². The minimum absolute atomic E-state index is 0.0237. The first kappa shape index (κ1) is 28.2. The van der Waals surface area contributed by atoms with Crippen molar-refractivity contribution in [1.82, 2.24) is 4.90 Å². The summed E-state index contributed by atoms with van der Waals surface area (Å²) in [6, 6.07) is 13.7. The lowest BCUT2D eigenvalue weighted by molar-refractivity contribution is -0.143. The Labute approximate surface area is 232 Å². The van der Waals surface area contributed by atoms with Crippen LogP contribution in [0.25, 0.3) is 0 Å². The lowest BCUT2D eigenvalue weighted by Gasteiger charge is -2.36. The van der Waals surface area contributed by atoms with Crippen LogP contribution in [0.4, 0.5) is 15.3 Å². The summed E-state index contributed by atoms with van der Waals surface area (Å²) in [4.78, 5) is 56.8. The van der Waals surface area contributed by atoms with E-state index in [1.807, 2.05) is 6.07 Å². The van der Waals surface area contributed by atoms with Gasteiger partial charge >= 0.3 is 18.2 Å². The molecule has 0 saturated carbocycles. The SMILES string of the molecule is CC(C)(C)OC(=O)N1C(=O)C2(C(C(=O)OCc3ccccc3)=CCN2C(=O)OC(C)(C)C)c2cccc(Cl)c21. The van der Waals surface area contributed by atoms with Crippen LogP contribution in [0, 0.1) is 0 Å². The number of para-hydroxylation sites is 1. The number of rotatable bonds is 3. The van der Waals surface area contributed by atoms with Crippen molar-refractivity contribution < 1.29 is 33.4 Å². The largest absolute Gasteiger partial charge is 0.457 e. The fourth-order valence-electron chi connectivity index (χ4n) is 4.59. The fourth-order valence-corrected chi connectivity index (χ4v) is 4.85. The van der Waals surface area contributed by atoms with Crippen LogP contribution in [0.2, 0.25) is 5.02 Å². The molecule has 2 aromatic carbocycles. The van der Waals surface area contributed by atoms with Gasteiger partial charge in [-0.15, -0.1) is 0 Å². The molecule has 1 unspecified atom stereocenters. The first-order valence-electron chi connectivity index (χ1n) is 12.5. The van der Waals surface area contributed by atoms with Crippen molar-refractivity contribution in [1.29, 1.82) is 0 Å². The average Bonchev–Trinajstić information content (AvgIpc) is 3.35. The quantitative estimate of drug-likeness (QED) is 0.352. The lowest BCUT2D eigenvalue weighted by Crippen LogP contribution is -2.57. The van der Waals surface area contributed by atoms with Gasteiger partial charge in [0.15, 0.2) is 5.54 Å². The van der Waals surface area contributed by atoms with Gasteiger partial charge in [-0.2, -0.15) is 0 Å². The van der Waals surface area contributed by atoms with Gasteiger partial charge in [-0.25, -0.2) is 19.3 Å². The van der Waals surface area contributed by atoms with Gasteiger partial charge in [0.1, 0.15) is 17.8 Å². The van der Waals surface area contributed by atoms with Crippen LogP contribution in [-0.4, -0.2) is 46.7 Å². The molecular formula is C29H31ClN2O7. The zero-order chi connectivity index (χ0) is 28.8. The Morgan fingerprint density at radius 2 is 1.51 bits per heavy atom. The van der Waals surface area contributed by atoms with Crippen LogP contribution < -0.4 is 4.90 Å². The number of carbonyl (C=O) groups excluding carboxylic acids is 4. The zero-order valence-electron chi connectivity index (χ0n) is 22.7. The predicted octanol–water partition coefficient (Wildman–Crippen LogP) is 5.74. The van der Waals surface area contributed by atoms with Crippen molar-refractivity contribution in [2.75, 3.05) is 11.4 Å². The van der Waals surface area contributed by atoms with E-state index in [9.17, 15) is 19.2 Å². The number of ether oxygens (including phenoxy) is 3. The summed E-state index contributed by atoms with van der Waals surface area (Å²) < 4.78 is 16.7. The van der Waals surface area contributed by atoms with E-state index in [2.05, 4.69) is 0 Å². The molecule has 0 aromatic heterocycles. The number of amides is 3. The van der Waals surface area contributed by atoms with Gasteiger partial charge in [0.25, 0.3) is 5.91 Å². The normalized spacial score (nSPS) is 18.6. The highest BCUT2D eigenvalue weighted by Crippen LogP contribution is 2.54. The summed E-state index contributed by atoms with van der Waals surface area (Å²) in [5.41, 5.74) is -3.11. The molecule has 9 nitrogen and oxygen atoms in total. The zero-order valence-corrected chi connectivity index (χ0v) is 23.5. The van der Waals surface area contributed by atoms with Crippen molar-refractivity contribution in [3.63, 3.8) is 0 Å². The van der Waals surface area contributed by atoms with Crippen molar-refractivity contribution >= 4 is 41.4 Å². The Morgan fingerprint density at radius 1 is 0.897 bits per heavy atom. The number of fused-ring (bicyclic) bond motifs is 2. The van der Waals surface area contributed by atoms with E-state index >= 15 is 0 Å². The maximum absolute atomic E-state index is 14.4. The molecule has 0 aliphatic carbocycles. The molecule has 0 N–H and O–H groups in total. The Balaban J connectivity index is 1.85. The Morgan fingerprint density at radius 3 is 2.13 bits per heavy atom. The topological polar surface area (TPSA) is 102 Å². The third kappa shape index (κ3) is 5.23. The van der Waals surface area contributed by atoms with Crippen LogP contribution in [0.5, 0.6) is 0 Å². The number of hydrogen-bond acceptors (Lipinski definition) is 7. The third-order valence-corrected chi connectivity index (χ3v) is 6.31. The monoisotopic (exact) mass is 554 g/mol. The van der Waals surface area contributed by atoms with E-state index in [0.717, 1.165) is 15.4 Å². The molecule has 206 valence electrons. The maximum atomic E-state index is 14.4. The molecule has 2 aliphatic rings. The number of anilines is 1. The van der Waals surface area contributed by atoms with Gasteiger partial charge in [-0.05, 0) is 53.2 Å². The van der Waals surface area contributed by atoms with Crippen molar-refractivity contribution in [3.8, 4) is 0 Å². The number of hydrogen-bond donors (Lipinski definition) is 0. The van der Waals surface area contributed by atoms with Crippen LogP contribution in [-0.2, 0) is 35.9 Å². The highest BCUT2D eigenvalue weighted by Gasteiger charge is 2.65. The summed E-state index contributed by atoms with van der Waals surface area (Å²) in [6.45, 7) is 9.81. The van der Waals surface area contributed by atoms with Crippen molar-refractivity contribution in [3.05, 3.63) is 76.3 Å². The number of halogens is 1. The average molecular weight is 555 g/mol. The Hall–Kier alpha value is -3.85. The van der Waals surface area contributed by atoms with Gasteiger partial charge in [0.2, 0.25) is 0 Å². The molecular weight excluding hydrogens is 524 g/mol. The summed E-state index contributed by atoms with van der Waals surface area (Å²) in [5.74, 6) is -1.72. The number of imide groups is 1. The van der Waals surface area contributed by atoms with E-state index < -0.39 is 40.8 Å². The fraction of sp³-hybridized carbons (Fsp3) is 0.379. The molecule has 1 atom stereocenters. The van der Waals surface area contributed by atoms with Gasteiger partial charge < -0.3 is 14.2 Å². The molecule has 1 spiro atoms. The summed E-state index contributed by atoms with van der Waals surface area (Å²) >= 11 is 6.54. The molecule has 0 radical (unpaired) electrons. The predicted molar refractivity (Wildman–Crippen MR) is 144 cm³/mol. The van der Waals surface area contributed by atoms with Gasteiger partial charge in [-0.1, -0.05) is 60.1 Å². The highest BCUT2D eigenvalue weighted by molar-refractivity contribution is 6.37. The number of carbonyl (C=O) groups is 4. The number of benzene rings is 2. The summed E-state index contributed by atoms with van der Waals surface area (Å²) in [5, 5.41) is 0.0663. The third-order valence-electron chi connectivity index (χ3n) is 6.01. The van der Waals surface area contributed by atoms with Gasteiger partial charge in [0, 0.05) is 12.1 Å². The standard InChI is InChI=1S/C29H31ClN2O7/c1-27(2,3)38-25(35)31-16-15-20(23(33)37-17-18-11-8-7-9-12-18)29(31)19-13-10-14-21(30)22(19)32(24(29)34)26(36)39-28(4,5)6/h7-15H,16-17H2,1-6H3. The first-order valence-corrected chi connectivity index (χ1v) is 12.8. The minimum atomic E-state index is -2.06. The van der Waals surface area contributed by atoms with Gasteiger partial charge in [-0.3, -0.25) is 9.69 Å². The second kappa shape index (κ2) is 10.0. The van der Waals surface area contributed by atoms with E-state index in [1.165, 1.54) is 12.1 Å². The summed E-state index contributed by atoms with van der Waals surface area (Å²) in [6.07, 6.45) is -0.403. The lowest BCUT2D eigenvalue weighted by atomic mass is 9.84. The van der Waals surface area contributed by atoms with E-state index in [0.29, 0.717) is 0 Å². The molecule has 3 amide bonds. The smallest absolute Gasteiger partial charge is 0.421 e. The molecule has 0 bridgehead atoms. The molecule has 0 saturated heterocycles. The Bertz CT molecular complexity index is 1360. The number of nitrogens with zero attached hydrogens (tertiary/aromatic N) is 2.